The smallest absolute Gasteiger partial charge is 0.319 e. The molecule has 0 radical (unpaired) electrons. The summed E-state index contributed by atoms with van der Waals surface area (Å²) < 4.78 is 12.0. The zero-order valence-corrected chi connectivity index (χ0v) is 22.2. The van der Waals surface area contributed by atoms with Crippen molar-refractivity contribution in [3.05, 3.63) is 53.9 Å². The van der Waals surface area contributed by atoms with Gasteiger partial charge in [0.1, 0.15) is 12.4 Å². The van der Waals surface area contributed by atoms with Crippen LogP contribution in [0.1, 0.15) is 43.7 Å². The molecule has 3 atom stereocenters. The molecule has 1 aromatic carbocycles. The van der Waals surface area contributed by atoms with E-state index in [4.69, 9.17) is 9.47 Å². The monoisotopic (exact) mass is 497 g/mol. The van der Waals surface area contributed by atoms with Crippen LogP contribution in [0.3, 0.4) is 0 Å². The molecule has 0 saturated heterocycles. The Labute approximate surface area is 214 Å². The molecule has 3 rings (SSSR count). The average Bonchev–Trinajstić information content (AvgIpc) is 2.84. The van der Waals surface area contributed by atoms with Crippen LogP contribution in [0.25, 0.3) is 0 Å². The summed E-state index contributed by atoms with van der Waals surface area (Å²) in [6, 6.07) is 10.8. The van der Waals surface area contributed by atoms with Gasteiger partial charge in [-0.2, -0.15) is 0 Å². The van der Waals surface area contributed by atoms with Crippen molar-refractivity contribution < 1.29 is 19.1 Å². The maximum atomic E-state index is 13.5. The third kappa shape index (κ3) is 7.41. The number of methoxy groups -OCH3 is 1. The molecule has 0 unspecified atom stereocenters. The van der Waals surface area contributed by atoms with Crippen molar-refractivity contribution >= 4 is 17.6 Å². The normalized spacial score (nSPS) is 21.7. The molecule has 9 nitrogen and oxygen atoms in total. The lowest BCUT2D eigenvalue weighted by atomic mass is 10.0. The first kappa shape index (κ1) is 27.4. The number of carbonyl (C=O) groups is 2. The maximum absolute atomic E-state index is 13.5. The van der Waals surface area contributed by atoms with E-state index in [9.17, 15) is 9.59 Å². The number of likely N-dealkylation sites (N-methyl/N-ethyl adjacent to an activating group) is 1. The summed E-state index contributed by atoms with van der Waals surface area (Å²) in [6.45, 7) is 10.3. The number of ether oxygens (including phenoxy) is 2. The second-order valence-corrected chi connectivity index (χ2v) is 9.81. The molecule has 2 heterocycles. The van der Waals surface area contributed by atoms with Crippen molar-refractivity contribution in [2.45, 2.75) is 52.4 Å². The van der Waals surface area contributed by atoms with Gasteiger partial charge < -0.3 is 25.0 Å². The zero-order chi connectivity index (χ0) is 26.2. The van der Waals surface area contributed by atoms with Crippen LogP contribution < -0.4 is 15.4 Å². The molecular weight excluding hydrogens is 458 g/mol. The van der Waals surface area contributed by atoms with Gasteiger partial charge in [-0.3, -0.25) is 14.7 Å². The maximum Gasteiger partial charge on any atom is 0.319 e. The molecule has 1 aliphatic rings. The highest BCUT2D eigenvalue weighted by Gasteiger charge is 2.28. The number of nitrogens with one attached hydrogen (secondary N) is 2. The molecule has 36 heavy (non-hydrogen) atoms. The van der Waals surface area contributed by atoms with E-state index in [0.717, 1.165) is 12.2 Å². The van der Waals surface area contributed by atoms with E-state index >= 15 is 0 Å². The number of carbonyl (C=O) groups excluding carboxylic acids is 2. The molecule has 1 aromatic heterocycles. The molecule has 9 heteroatoms. The molecule has 3 amide bonds. The van der Waals surface area contributed by atoms with Crippen LogP contribution in [0, 0.1) is 5.92 Å². The van der Waals surface area contributed by atoms with Crippen molar-refractivity contribution in [1.82, 2.24) is 20.1 Å². The van der Waals surface area contributed by atoms with Gasteiger partial charge in [0.25, 0.3) is 5.91 Å². The number of fused-ring (bicyclic) bond motifs is 1. The van der Waals surface area contributed by atoms with Crippen molar-refractivity contribution in [3.8, 4) is 5.75 Å². The van der Waals surface area contributed by atoms with Gasteiger partial charge in [0.2, 0.25) is 0 Å². The Morgan fingerprint density at radius 3 is 2.67 bits per heavy atom. The Balaban J connectivity index is 1.91. The molecular formula is C27H39N5O4. The van der Waals surface area contributed by atoms with E-state index in [0.29, 0.717) is 36.7 Å². The topological polar surface area (TPSA) is 96.0 Å². The van der Waals surface area contributed by atoms with Gasteiger partial charge >= 0.3 is 6.03 Å². The lowest BCUT2D eigenvalue weighted by Crippen LogP contribution is -2.46. The predicted molar refractivity (Wildman–Crippen MR) is 140 cm³/mol. The third-order valence-electron chi connectivity index (χ3n) is 6.34. The van der Waals surface area contributed by atoms with Crippen molar-refractivity contribution in [3.63, 3.8) is 0 Å². The fraction of sp³-hybridized carbons (Fsp3) is 0.519. The minimum atomic E-state index is -0.327. The highest BCUT2D eigenvalue weighted by Crippen LogP contribution is 2.26. The van der Waals surface area contributed by atoms with Crippen molar-refractivity contribution in [2.24, 2.45) is 5.92 Å². The molecule has 196 valence electrons. The Hall–Kier alpha value is -3.17. The number of rotatable bonds is 5. The van der Waals surface area contributed by atoms with Gasteiger partial charge in [0.15, 0.2) is 0 Å². The van der Waals surface area contributed by atoms with Crippen LogP contribution in [0.2, 0.25) is 0 Å². The highest BCUT2D eigenvalue weighted by molar-refractivity contribution is 5.99. The van der Waals surface area contributed by atoms with Gasteiger partial charge in [-0.05, 0) is 57.0 Å². The Bertz CT molecular complexity index is 1020. The first-order chi connectivity index (χ1) is 17.2. The summed E-state index contributed by atoms with van der Waals surface area (Å²) in [4.78, 5) is 34.2. The molecule has 0 spiro atoms. The van der Waals surface area contributed by atoms with Crippen molar-refractivity contribution in [2.75, 3.05) is 39.2 Å². The van der Waals surface area contributed by atoms with Gasteiger partial charge in [0, 0.05) is 57.8 Å². The minimum Gasteiger partial charge on any atom is -0.491 e. The lowest BCUT2D eigenvalue weighted by molar-refractivity contribution is 0.00901. The van der Waals surface area contributed by atoms with E-state index in [2.05, 4.69) is 34.4 Å². The zero-order valence-electron chi connectivity index (χ0n) is 22.2. The fourth-order valence-corrected chi connectivity index (χ4v) is 4.28. The van der Waals surface area contributed by atoms with E-state index in [1.807, 2.05) is 32.0 Å². The SMILES string of the molecule is CO[C@H]1CN(C)C(=O)c2cc(NC(=O)NC(C)C)ccc2OC[C@@H](C)N(Cc2ccccn2)C[C@H]1C. The molecule has 1 aliphatic heterocycles. The largest absolute Gasteiger partial charge is 0.491 e. The molecule has 0 aliphatic carbocycles. The van der Waals surface area contributed by atoms with Crippen LogP contribution in [0.4, 0.5) is 10.5 Å². The highest BCUT2D eigenvalue weighted by atomic mass is 16.5. The molecule has 0 saturated carbocycles. The minimum absolute atomic E-state index is 0.00567. The van der Waals surface area contributed by atoms with E-state index < -0.39 is 0 Å². The number of aromatic nitrogens is 1. The number of urea groups is 1. The predicted octanol–water partition coefficient (Wildman–Crippen LogP) is 3.62. The summed E-state index contributed by atoms with van der Waals surface area (Å²) in [5.74, 6) is 0.447. The number of pyridine rings is 1. The molecule has 2 N–H and O–H groups in total. The number of nitrogens with zero attached hydrogens (tertiary/aromatic N) is 3. The second-order valence-electron chi connectivity index (χ2n) is 9.81. The summed E-state index contributed by atoms with van der Waals surface area (Å²) >= 11 is 0. The number of benzene rings is 1. The van der Waals surface area contributed by atoms with Crippen LogP contribution in [-0.4, -0.2) is 78.8 Å². The van der Waals surface area contributed by atoms with Gasteiger partial charge in [-0.15, -0.1) is 0 Å². The summed E-state index contributed by atoms with van der Waals surface area (Å²) in [5, 5.41) is 5.59. The number of anilines is 1. The molecule has 0 bridgehead atoms. The molecule has 2 aromatic rings. The lowest BCUT2D eigenvalue weighted by Gasteiger charge is -2.35. The van der Waals surface area contributed by atoms with Gasteiger partial charge in [0.05, 0.1) is 17.4 Å². The van der Waals surface area contributed by atoms with Crippen LogP contribution in [-0.2, 0) is 11.3 Å². The molecule has 0 fully saturated rings. The standard InChI is InChI=1S/C27H39N5O4/c1-18(2)29-27(34)30-21-10-11-24-23(13-21)26(33)31(5)16-25(35-6)19(3)14-32(20(4)17-36-24)15-22-9-7-8-12-28-22/h7-13,18-20,25H,14-17H2,1-6H3,(H2,29,30,34)/t19-,20-,25+/m1/s1. The van der Waals surface area contributed by atoms with Gasteiger partial charge in [-0.25, -0.2) is 4.79 Å². The van der Waals surface area contributed by atoms with E-state index in [-0.39, 0.29) is 36.0 Å². The Kier molecular flexibility index (Phi) is 9.66. The summed E-state index contributed by atoms with van der Waals surface area (Å²) in [7, 11) is 3.45. The quantitative estimate of drug-likeness (QED) is 0.655. The van der Waals surface area contributed by atoms with Gasteiger partial charge in [-0.1, -0.05) is 13.0 Å². The fourth-order valence-electron chi connectivity index (χ4n) is 4.28. The number of hydrogen-bond acceptors (Lipinski definition) is 6. The average molecular weight is 498 g/mol. The Morgan fingerprint density at radius 2 is 2.00 bits per heavy atom. The Morgan fingerprint density at radius 1 is 1.22 bits per heavy atom. The van der Waals surface area contributed by atoms with Crippen LogP contribution in [0.15, 0.2) is 42.6 Å². The van der Waals surface area contributed by atoms with Crippen LogP contribution in [0.5, 0.6) is 5.75 Å². The number of hydrogen-bond donors (Lipinski definition) is 2. The van der Waals surface area contributed by atoms with Crippen molar-refractivity contribution in [1.29, 1.82) is 0 Å². The van der Waals surface area contributed by atoms with E-state index in [1.54, 1.807) is 43.5 Å². The van der Waals surface area contributed by atoms with Crippen LogP contribution >= 0.6 is 0 Å². The third-order valence-corrected chi connectivity index (χ3v) is 6.34. The second kappa shape index (κ2) is 12.7. The first-order valence-corrected chi connectivity index (χ1v) is 12.4. The first-order valence-electron chi connectivity index (χ1n) is 12.4. The summed E-state index contributed by atoms with van der Waals surface area (Å²) in [5.41, 5.74) is 1.90. The van der Waals surface area contributed by atoms with E-state index in [1.165, 1.54) is 0 Å². The number of amides is 3. The summed E-state index contributed by atoms with van der Waals surface area (Å²) in [6.07, 6.45) is 1.65.